The van der Waals surface area contributed by atoms with E-state index in [9.17, 15) is 13.2 Å². The number of carbonyl (C=O) groups is 1. The van der Waals surface area contributed by atoms with Crippen molar-refractivity contribution in [1.82, 2.24) is 5.32 Å². The molecule has 0 aliphatic rings. The van der Waals surface area contributed by atoms with Crippen LogP contribution in [0.3, 0.4) is 0 Å². The van der Waals surface area contributed by atoms with Gasteiger partial charge in [-0.1, -0.05) is 36.4 Å². The van der Waals surface area contributed by atoms with Crippen molar-refractivity contribution in [3.05, 3.63) is 60.2 Å². The van der Waals surface area contributed by atoms with Gasteiger partial charge in [0.05, 0.1) is 11.9 Å². The van der Waals surface area contributed by atoms with Gasteiger partial charge in [0.25, 0.3) is 0 Å². The lowest BCUT2D eigenvalue weighted by Gasteiger charge is -2.24. The summed E-state index contributed by atoms with van der Waals surface area (Å²) in [4.78, 5) is 14.2. The molecule has 2 aromatic carbocycles. The quantitative estimate of drug-likeness (QED) is 0.662. The summed E-state index contributed by atoms with van der Waals surface area (Å²) in [6.45, 7) is 3.40. The minimum atomic E-state index is -3.40. The lowest BCUT2D eigenvalue weighted by atomic mass is 10.2. The molecule has 0 fully saturated rings. The van der Waals surface area contributed by atoms with Gasteiger partial charge in [0.1, 0.15) is 0 Å². The number of anilines is 2. The van der Waals surface area contributed by atoms with Crippen molar-refractivity contribution in [2.24, 2.45) is 0 Å². The number of rotatable bonds is 10. The third kappa shape index (κ3) is 6.56. The maximum absolute atomic E-state index is 12.2. The normalized spacial score (nSPS) is 11.1. The van der Waals surface area contributed by atoms with Crippen molar-refractivity contribution < 1.29 is 13.2 Å². The standard InChI is InChI=1S/C21H29N3O3S/c1-18-10-7-8-13-20(18)24(28(3,26)27)16-9-14-21(25)22-15-17-23(2)19-11-5-4-6-12-19/h4-8,10-13H,9,14-17H2,1-3H3,(H,22,25). The summed E-state index contributed by atoms with van der Waals surface area (Å²) < 4.78 is 25.7. The Labute approximate surface area is 168 Å². The van der Waals surface area contributed by atoms with E-state index in [1.165, 1.54) is 10.6 Å². The predicted octanol–water partition coefficient (Wildman–Crippen LogP) is 2.79. The van der Waals surface area contributed by atoms with Crippen LogP contribution in [0.25, 0.3) is 0 Å². The number of hydrogen-bond donors (Lipinski definition) is 1. The molecule has 6 nitrogen and oxygen atoms in total. The zero-order chi connectivity index (χ0) is 20.6. The summed E-state index contributed by atoms with van der Waals surface area (Å²) in [5.41, 5.74) is 2.65. The lowest BCUT2D eigenvalue weighted by molar-refractivity contribution is -0.121. The van der Waals surface area contributed by atoms with Crippen LogP contribution in [0.4, 0.5) is 11.4 Å². The summed E-state index contributed by atoms with van der Waals surface area (Å²) in [5, 5.41) is 2.90. The fraction of sp³-hybridized carbons (Fsp3) is 0.381. The number of aryl methyl sites for hydroxylation is 1. The van der Waals surface area contributed by atoms with Crippen molar-refractivity contribution in [2.45, 2.75) is 19.8 Å². The van der Waals surface area contributed by atoms with Crippen LogP contribution in [0.2, 0.25) is 0 Å². The highest BCUT2D eigenvalue weighted by Crippen LogP contribution is 2.22. The zero-order valence-corrected chi connectivity index (χ0v) is 17.6. The van der Waals surface area contributed by atoms with Gasteiger partial charge in [-0.2, -0.15) is 0 Å². The first-order chi connectivity index (χ1) is 13.3. The maximum Gasteiger partial charge on any atom is 0.232 e. The molecule has 0 radical (unpaired) electrons. The fourth-order valence-electron chi connectivity index (χ4n) is 2.95. The van der Waals surface area contributed by atoms with Crippen molar-refractivity contribution in [1.29, 1.82) is 0 Å². The van der Waals surface area contributed by atoms with Gasteiger partial charge in [0, 0.05) is 38.8 Å². The first kappa shape index (κ1) is 21.8. The Morgan fingerprint density at radius 1 is 1.00 bits per heavy atom. The average molecular weight is 404 g/mol. The monoisotopic (exact) mass is 403 g/mol. The second-order valence-electron chi connectivity index (χ2n) is 6.83. The van der Waals surface area contributed by atoms with Crippen molar-refractivity contribution in [3.8, 4) is 0 Å². The van der Waals surface area contributed by atoms with Gasteiger partial charge in [-0.25, -0.2) is 8.42 Å². The molecule has 2 aromatic rings. The Morgan fingerprint density at radius 3 is 2.29 bits per heavy atom. The molecule has 0 bridgehead atoms. The summed E-state index contributed by atoms with van der Waals surface area (Å²) in [6.07, 6.45) is 1.94. The molecular weight excluding hydrogens is 374 g/mol. The van der Waals surface area contributed by atoms with E-state index in [-0.39, 0.29) is 18.9 Å². The van der Waals surface area contributed by atoms with Gasteiger partial charge >= 0.3 is 0 Å². The highest BCUT2D eigenvalue weighted by atomic mass is 32.2. The molecular formula is C21H29N3O3S. The van der Waals surface area contributed by atoms with E-state index in [0.29, 0.717) is 25.2 Å². The van der Waals surface area contributed by atoms with E-state index < -0.39 is 10.0 Å². The van der Waals surface area contributed by atoms with Gasteiger partial charge in [0.2, 0.25) is 15.9 Å². The van der Waals surface area contributed by atoms with Crippen molar-refractivity contribution >= 4 is 27.3 Å². The van der Waals surface area contributed by atoms with Gasteiger partial charge in [-0.05, 0) is 37.1 Å². The van der Waals surface area contributed by atoms with Crippen molar-refractivity contribution in [2.75, 3.05) is 42.1 Å². The molecule has 0 saturated heterocycles. The Balaban J connectivity index is 1.79. The molecule has 1 N–H and O–H groups in total. The van der Waals surface area contributed by atoms with Gasteiger partial charge in [-0.3, -0.25) is 9.10 Å². The summed E-state index contributed by atoms with van der Waals surface area (Å²) in [5.74, 6) is -0.0697. The molecule has 0 aliphatic heterocycles. The number of sulfonamides is 1. The molecule has 0 spiro atoms. The third-order valence-electron chi connectivity index (χ3n) is 4.52. The Hall–Kier alpha value is -2.54. The van der Waals surface area contributed by atoms with Gasteiger partial charge in [0.15, 0.2) is 0 Å². The first-order valence-corrected chi connectivity index (χ1v) is 11.2. The van der Waals surface area contributed by atoms with Gasteiger partial charge < -0.3 is 10.2 Å². The number of hydrogen-bond acceptors (Lipinski definition) is 4. The van der Waals surface area contributed by atoms with Crippen LogP contribution >= 0.6 is 0 Å². The molecule has 2 rings (SSSR count). The number of benzene rings is 2. The molecule has 0 heterocycles. The molecule has 0 aromatic heterocycles. The highest BCUT2D eigenvalue weighted by Gasteiger charge is 2.18. The summed E-state index contributed by atoms with van der Waals surface area (Å²) >= 11 is 0. The van der Waals surface area contributed by atoms with E-state index in [2.05, 4.69) is 10.2 Å². The second kappa shape index (κ2) is 10.1. The zero-order valence-electron chi connectivity index (χ0n) is 16.8. The second-order valence-corrected chi connectivity index (χ2v) is 8.74. The predicted molar refractivity (Wildman–Crippen MR) is 115 cm³/mol. The molecule has 28 heavy (non-hydrogen) atoms. The Morgan fingerprint density at radius 2 is 1.64 bits per heavy atom. The lowest BCUT2D eigenvalue weighted by Crippen LogP contribution is -2.34. The van der Waals surface area contributed by atoms with Crippen LogP contribution in [-0.2, 0) is 14.8 Å². The Bertz CT molecular complexity index is 869. The van der Waals surface area contributed by atoms with E-state index in [1.54, 1.807) is 6.07 Å². The molecule has 0 atom stereocenters. The Kier molecular flexibility index (Phi) is 7.87. The van der Waals surface area contributed by atoms with Gasteiger partial charge in [-0.15, -0.1) is 0 Å². The number of nitrogens with one attached hydrogen (secondary N) is 1. The largest absolute Gasteiger partial charge is 0.373 e. The minimum Gasteiger partial charge on any atom is -0.373 e. The van der Waals surface area contributed by atoms with E-state index >= 15 is 0 Å². The number of para-hydroxylation sites is 2. The summed E-state index contributed by atoms with van der Waals surface area (Å²) in [7, 11) is -1.42. The molecule has 152 valence electrons. The highest BCUT2D eigenvalue weighted by molar-refractivity contribution is 7.92. The molecule has 0 saturated carbocycles. The van der Waals surface area contributed by atoms with E-state index in [0.717, 1.165) is 11.3 Å². The molecule has 1 amide bonds. The van der Waals surface area contributed by atoms with E-state index in [1.807, 2.05) is 62.5 Å². The molecule has 0 unspecified atom stereocenters. The smallest absolute Gasteiger partial charge is 0.232 e. The fourth-order valence-corrected chi connectivity index (χ4v) is 3.98. The topological polar surface area (TPSA) is 69.7 Å². The summed E-state index contributed by atoms with van der Waals surface area (Å²) in [6, 6.07) is 17.3. The van der Waals surface area contributed by atoms with Crippen LogP contribution in [0, 0.1) is 6.92 Å². The molecule has 7 heteroatoms. The SMILES string of the molecule is Cc1ccccc1N(CCCC(=O)NCCN(C)c1ccccc1)S(C)(=O)=O. The van der Waals surface area contributed by atoms with Crippen LogP contribution in [0.15, 0.2) is 54.6 Å². The van der Waals surface area contributed by atoms with Crippen LogP contribution in [0.1, 0.15) is 18.4 Å². The number of likely N-dealkylation sites (N-methyl/N-ethyl adjacent to an activating group) is 1. The number of amides is 1. The van der Waals surface area contributed by atoms with Crippen LogP contribution in [-0.4, -0.2) is 47.3 Å². The third-order valence-corrected chi connectivity index (χ3v) is 5.70. The molecule has 0 aliphatic carbocycles. The van der Waals surface area contributed by atoms with E-state index in [4.69, 9.17) is 0 Å². The van der Waals surface area contributed by atoms with Crippen LogP contribution < -0.4 is 14.5 Å². The first-order valence-electron chi connectivity index (χ1n) is 9.35. The minimum absolute atomic E-state index is 0.0697. The van der Waals surface area contributed by atoms with Crippen LogP contribution in [0.5, 0.6) is 0 Å². The number of nitrogens with zero attached hydrogens (tertiary/aromatic N) is 2. The maximum atomic E-state index is 12.2. The van der Waals surface area contributed by atoms with Crippen molar-refractivity contribution in [3.63, 3.8) is 0 Å². The average Bonchev–Trinajstić information content (AvgIpc) is 2.66. The number of carbonyl (C=O) groups excluding carboxylic acids is 1.